The third kappa shape index (κ3) is 4.16. The molecule has 2 aromatic carbocycles. The molecule has 4 rings (SSSR count). The van der Waals surface area contributed by atoms with Gasteiger partial charge in [0.1, 0.15) is 5.82 Å². The van der Waals surface area contributed by atoms with E-state index in [1.54, 1.807) is 14.2 Å². The number of hydrogen-bond acceptors (Lipinski definition) is 7. The van der Waals surface area contributed by atoms with Crippen molar-refractivity contribution >= 4 is 19.7 Å². The molecule has 2 aromatic rings. The van der Waals surface area contributed by atoms with Gasteiger partial charge in [-0.15, -0.1) is 0 Å². The van der Waals surface area contributed by atoms with Gasteiger partial charge in [-0.3, -0.25) is 4.90 Å². The van der Waals surface area contributed by atoms with Crippen molar-refractivity contribution in [3.05, 3.63) is 53.3 Å². The highest BCUT2D eigenvalue weighted by Crippen LogP contribution is 2.36. The van der Waals surface area contributed by atoms with Crippen LogP contribution in [-0.2, 0) is 32.6 Å². The lowest BCUT2D eigenvalue weighted by molar-refractivity contribution is 0.195. The third-order valence-electron chi connectivity index (χ3n) is 6.03. The Kier molecular flexibility index (Phi) is 5.74. The standard InChI is InChI=1S/C21H24FNO6S2/c1-28-19-9-14-7-8-23(11-15(14)10-20(19)29-2)18-12-30(24,25)13-21(18)31(26,27)17-5-3-16(22)4-6-17/h3-6,9-10,18,21H,7-8,11-13H2,1-2H3. The zero-order chi connectivity index (χ0) is 22.4. The van der Waals surface area contributed by atoms with Crippen LogP contribution in [0.25, 0.3) is 0 Å². The Morgan fingerprint density at radius 1 is 1.00 bits per heavy atom. The van der Waals surface area contributed by atoms with Gasteiger partial charge in [0.25, 0.3) is 0 Å². The Bertz CT molecular complexity index is 1200. The van der Waals surface area contributed by atoms with Crippen molar-refractivity contribution in [2.45, 2.75) is 29.2 Å². The molecule has 0 N–H and O–H groups in total. The second-order valence-corrected chi connectivity index (χ2v) is 12.2. The van der Waals surface area contributed by atoms with Crippen LogP contribution >= 0.6 is 0 Å². The van der Waals surface area contributed by atoms with E-state index in [4.69, 9.17) is 9.47 Å². The smallest absolute Gasteiger partial charge is 0.183 e. The maximum atomic E-state index is 13.3. The summed E-state index contributed by atoms with van der Waals surface area (Å²) in [6, 6.07) is 7.60. The summed E-state index contributed by atoms with van der Waals surface area (Å²) < 4.78 is 75.5. The summed E-state index contributed by atoms with van der Waals surface area (Å²) in [5.74, 6) is -0.0213. The van der Waals surface area contributed by atoms with Crippen molar-refractivity contribution in [1.29, 1.82) is 0 Å². The fourth-order valence-electron chi connectivity index (χ4n) is 4.42. The van der Waals surface area contributed by atoms with E-state index in [0.29, 0.717) is 31.0 Å². The molecule has 10 heteroatoms. The van der Waals surface area contributed by atoms with Gasteiger partial charge in [0.15, 0.2) is 31.2 Å². The fraction of sp³-hybridized carbons (Fsp3) is 0.429. The summed E-state index contributed by atoms with van der Waals surface area (Å²) >= 11 is 0. The monoisotopic (exact) mass is 469 g/mol. The van der Waals surface area contributed by atoms with Crippen LogP contribution in [0.4, 0.5) is 4.39 Å². The summed E-state index contributed by atoms with van der Waals surface area (Å²) in [4.78, 5) is 1.86. The van der Waals surface area contributed by atoms with Gasteiger partial charge in [-0.25, -0.2) is 21.2 Å². The molecule has 2 aliphatic heterocycles. The highest BCUT2D eigenvalue weighted by molar-refractivity contribution is 7.96. The van der Waals surface area contributed by atoms with Crippen molar-refractivity contribution in [3.8, 4) is 11.5 Å². The molecule has 168 valence electrons. The Hall–Kier alpha value is -2.17. The summed E-state index contributed by atoms with van der Waals surface area (Å²) in [5, 5.41) is -1.11. The molecule has 2 heterocycles. The molecule has 0 aromatic heterocycles. The molecule has 0 amide bonds. The van der Waals surface area contributed by atoms with E-state index in [1.165, 1.54) is 12.1 Å². The highest BCUT2D eigenvalue weighted by atomic mass is 32.2. The SMILES string of the molecule is COc1cc2c(cc1OC)CN(C1CS(=O)(=O)CC1S(=O)(=O)c1ccc(F)cc1)CC2. The maximum absolute atomic E-state index is 13.3. The van der Waals surface area contributed by atoms with Gasteiger partial charge in [-0.05, 0) is 53.9 Å². The van der Waals surface area contributed by atoms with E-state index in [-0.39, 0.29) is 10.6 Å². The van der Waals surface area contributed by atoms with Crippen LogP contribution in [0.2, 0.25) is 0 Å². The summed E-state index contributed by atoms with van der Waals surface area (Å²) in [5.41, 5.74) is 2.01. The molecular formula is C21H24FNO6S2. The number of fused-ring (bicyclic) bond motifs is 1. The van der Waals surface area contributed by atoms with Crippen molar-refractivity contribution < 1.29 is 30.7 Å². The van der Waals surface area contributed by atoms with Crippen molar-refractivity contribution in [2.24, 2.45) is 0 Å². The van der Waals surface area contributed by atoms with Crippen LogP contribution in [0, 0.1) is 5.82 Å². The largest absolute Gasteiger partial charge is 0.493 e. The first-order chi connectivity index (χ1) is 14.6. The van der Waals surface area contributed by atoms with Gasteiger partial charge >= 0.3 is 0 Å². The number of hydrogen-bond donors (Lipinski definition) is 0. The van der Waals surface area contributed by atoms with Gasteiger partial charge in [0.05, 0.1) is 35.9 Å². The Morgan fingerprint density at radius 2 is 1.61 bits per heavy atom. The predicted octanol–water partition coefficient (Wildman–Crippen LogP) is 1.84. The van der Waals surface area contributed by atoms with Gasteiger partial charge in [-0.1, -0.05) is 0 Å². The minimum Gasteiger partial charge on any atom is -0.493 e. The van der Waals surface area contributed by atoms with E-state index in [1.807, 2.05) is 17.0 Å². The second kappa shape index (κ2) is 8.07. The number of rotatable bonds is 5. The highest BCUT2D eigenvalue weighted by Gasteiger charge is 2.48. The molecule has 7 nitrogen and oxygen atoms in total. The lowest BCUT2D eigenvalue weighted by atomic mass is 9.97. The van der Waals surface area contributed by atoms with E-state index >= 15 is 0 Å². The van der Waals surface area contributed by atoms with Crippen molar-refractivity contribution in [2.75, 3.05) is 32.3 Å². The molecule has 2 atom stereocenters. The van der Waals surface area contributed by atoms with Crippen molar-refractivity contribution in [3.63, 3.8) is 0 Å². The Morgan fingerprint density at radius 3 is 2.23 bits per heavy atom. The van der Waals surface area contributed by atoms with Crippen LogP contribution in [0.3, 0.4) is 0 Å². The average molecular weight is 470 g/mol. The zero-order valence-electron chi connectivity index (χ0n) is 17.2. The molecule has 0 radical (unpaired) electrons. The molecule has 0 spiro atoms. The number of sulfone groups is 2. The number of nitrogens with zero attached hydrogens (tertiary/aromatic N) is 1. The molecule has 2 aliphatic rings. The van der Waals surface area contributed by atoms with Crippen molar-refractivity contribution in [1.82, 2.24) is 4.90 Å². The lowest BCUT2D eigenvalue weighted by Crippen LogP contribution is -2.48. The van der Waals surface area contributed by atoms with Gasteiger partial charge in [-0.2, -0.15) is 0 Å². The molecule has 1 saturated heterocycles. The molecular weight excluding hydrogens is 445 g/mol. The lowest BCUT2D eigenvalue weighted by Gasteiger charge is -2.36. The minimum atomic E-state index is -3.96. The summed E-state index contributed by atoms with van der Waals surface area (Å²) in [6.45, 7) is 0.934. The predicted molar refractivity (Wildman–Crippen MR) is 113 cm³/mol. The Labute approximate surface area is 181 Å². The first-order valence-corrected chi connectivity index (χ1v) is 13.2. The molecule has 0 saturated carbocycles. The van der Waals surface area contributed by atoms with E-state index in [2.05, 4.69) is 0 Å². The van der Waals surface area contributed by atoms with Crippen LogP contribution in [0.5, 0.6) is 11.5 Å². The van der Waals surface area contributed by atoms with E-state index in [0.717, 1.165) is 23.3 Å². The first kappa shape index (κ1) is 22.0. The number of halogens is 1. The first-order valence-electron chi connectivity index (χ1n) is 9.82. The van der Waals surface area contributed by atoms with Crippen LogP contribution in [0.1, 0.15) is 11.1 Å². The summed E-state index contributed by atoms with van der Waals surface area (Å²) in [7, 11) is -4.39. The van der Waals surface area contributed by atoms with E-state index in [9.17, 15) is 21.2 Å². The normalized spacial score (nSPS) is 23.3. The number of benzene rings is 2. The fourth-order valence-corrected chi connectivity index (χ4v) is 9.25. The molecule has 2 unspecified atom stereocenters. The molecule has 0 aliphatic carbocycles. The van der Waals surface area contributed by atoms with Crippen LogP contribution in [0.15, 0.2) is 41.3 Å². The van der Waals surface area contributed by atoms with Gasteiger partial charge < -0.3 is 9.47 Å². The van der Waals surface area contributed by atoms with Crippen LogP contribution in [-0.4, -0.2) is 65.3 Å². The number of ether oxygens (including phenoxy) is 2. The number of methoxy groups -OCH3 is 2. The van der Waals surface area contributed by atoms with Gasteiger partial charge in [0.2, 0.25) is 0 Å². The summed E-state index contributed by atoms with van der Waals surface area (Å²) in [6.07, 6.45) is 0.634. The average Bonchev–Trinajstić information content (AvgIpc) is 3.09. The Balaban J connectivity index is 1.67. The topological polar surface area (TPSA) is 90.0 Å². The van der Waals surface area contributed by atoms with Crippen LogP contribution < -0.4 is 9.47 Å². The quantitative estimate of drug-likeness (QED) is 0.617. The molecule has 1 fully saturated rings. The zero-order valence-corrected chi connectivity index (χ0v) is 18.9. The molecule has 31 heavy (non-hydrogen) atoms. The molecule has 0 bridgehead atoms. The maximum Gasteiger partial charge on any atom is 0.183 e. The minimum absolute atomic E-state index is 0.0650. The third-order valence-corrected chi connectivity index (χ3v) is 10.2. The van der Waals surface area contributed by atoms with Gasteiger partial charge in [0, 0.05) is 19.1 Å². The van der Waals surface area contributed by atoms with E-state index < -0.39 is 42.5 Å². The second-order valence-electron chi connectivity index (χ2n) is 7.88.